The zero-order valence-electron chi connectivity index (χ0n) is 15.7. The maximum atomic E-state index is 12.0. The number of ether oxygens (including phenoxy) is 1. The van der Waals surface area contributed by atoms with Gasteiger partial charge in [0.25, 0.3) is 0 Å². The Kier molecular flexibility index (Phi) is 7.60. The van der Waals surface area contributed by atoms with Crippen LogP contribution in [-0.4, -0.2) is 23.8 Å². The first-order chi connectivity index (χ1) is 14.2. The van der Waals surface area contributed by atoms with Gasteiger partial charge in [0.2, 0.25) is 5.91 Å². The maximum absolute atomic E-state index is 12.0. The van der Waals surface area contributed by atoms with E-state index in [9.17, 15) is 9.59 Å². The van der Waals surface area contributed by atoms with E-state index in [1.54, 1.807) is 54.7 Å². The van der Waals surface area contributed by atoms with Crippen molar-refractivity contribution >= 4 is 29.9 Å². The second-order valence-electron chi connectivity index (χ2n) is 6.10. The summed E-state index contributed by atoms with van der Waals surface area (Å²) < 4.78 is 5.32. The first-order valence-electron chi connectivity index (χ1n) is 9.01. The fourth-order valence-electron chi connectivity index (χ4n) is 2.41. The van der Waals surface area contributed by atoms with Gasteiger partial charge >= 0.3 is 5.97 Å². The van der Waals surface area contributed by atoms with Crippen LogP contribution in [0, 0.1) is 0 Å². The maximum Gasteiger partial charge on any atom is 0.343 e. The highest BCUT2D eigenvalue weighted by molar-refractivity contribution is 7.99. The number of carbonyl (C=O) groups excluding carboxylic acids is 2. The fourth-order valence-corrected chi connectivity index (χ4v) is 3.19. The molecule has 5 nitrogen and oxygen atoms in total. The minimum Gasteiger partial charge on any atom is -0.423 e. The Bertz CT molecular complexity index is 958. The van der Waals surface area contributed by atoms with E-state index in [0.29, 0.717) is 17.1 Å². The van der Waals surface area contributed by atoms with E-state index in [0.717, 1.165) is 11.3 Å². The molecular weight excluding hydrogens is 384 g/mol. The quantitative estimate of drug-likeness (QED) is 0.263. The van der Waals surface area contributed by atoms with Crippen molar-refractivity contribution in [2.75, 3.05) is 5.75 Å². The van der Waals surface area contributed by atoms with Crippen LogP contribution in [0.4, 0.5) is 0 Å². The molecule has 0 aliphatic heterocycles. The topological polar surface area (TPSA) is 67.8 Å². The van der Waals surface area contributed by atoms with E-state index in [1.165, 1.54) is 17.3 Å². The molecule has 0 saturated heterocycles. The third-order valence-corrected chi connectivity index (χ3v) is 4.85. The van der Waals surface area contributed by atoms with Crippen LogP contribution in [0.25, 0.3) is 0 Å². The summed E-state index contributed by atoms with van der Waals surface area (Å²) in [6, 6.07) is 25.7. The lowest BCUT2D eigenvalue weighted by molar-refractivity contribution is -0.118. The first-order valence-corrected chi connectivity index (χ1v) is 10.2. The molecular formula is C23H20N2O3S. The number of amides is 1. The van der Waals surface area contributed by atoms with Gasteiger partial charge in [-0.15, -0.1) is 11.8 Å². The Hall–Kier alpha value is -3.38. The third kappa shape index (κ3) is 6.93. The molecule has 3 aromatic carbocycles. The van der Waals surface area contributed by atoms with E-state index < -0.39 is 5.97 Å². The lowest BCUT2D eigenvalue weighted by Gasteiger charge is -2.04. The second-order valence-corrected chi connectivity index (χ2v) is 7.08. The largest absolute Gasteiger partial charge is 0.423 e. The predicted octanol–water partition coefficient (Wildman–Crippen LogP) is 4.29. The van der Waals surface area contributed by atoms with E-state index in [-0.39, 0.29) is 5.91 Å². The molecule has 0 saturated carbocycles. The predicted molar refractivity (Wildman–Crippen MR) is 116 cm³/mol. The van der Waals surface area contributed by atoms with Gasteiger partial charge in [0.15, 0.2) is 0 Å². The summed E-state index contributed by atoms with van der Waals surface area (Å²) in [5.74, 6) is 0.988. The van der Waals surface area contributed by atoms with Crippen LogP contribution in [-0.2, 0) is 10.5 Å². The van der Waals surface area contributed by atoms with E-state index in [2.05, 4.69) is 10.5 Å². The van der Waals surface area contributed by atoms with Gasteiger partial charge in [-0.2, -0.15) is 5.10 Å². The summed E-state index contributed by atoms with van der Waals surface area (Å²) in [6.45, 7) is 0. The van der Waals surface area contributed by atoms with Crippen LogP contribution in [0.3, 0.4) is 0 Å². The van der Waals surface area contributed by atoms with E-state index >= 15 is 0 Å². The lowest BCUT2D eigenvalue weighted by atomic mass is 10.2. The normalized spacial score (nSPS) is 10.6. The van der Waals surface area contributed by atoms with Crippen molar-refractivity contribution in [2.45, 2.75) is 5.75 Å². The Labute approximate surface area is 173 Å². The third-order valence-electron chi connectivity index (χ3n) is 3.85. The van der Waals surface area contributed by atoms with Crippen molar-refractivity contribution < 1.29 is 14.3 Å². The van der Waals surface area contributed by atoms with Crippen LogP contribution in [0.2, 0.25) is 0 Å². The van der Waals surface area contributed by atoms with Crippen molar-refractivity contribution in [1.82, 2.24) is 5.43 Å². The SMILES string of the molecule is O=C(CSCc1ccccc1)N/N=C\c1ccc(OC(=O)c2ccccc2)cc1. The van der Waals surface area contributed by atoms with Crippen LogP contribution in [0.5, 0.6) is 5.75 Å². The highest BCUT2D eigenvalue weighted by Crippen LogP contribution is 2.14. The van der Waals surface area contributed by atoms with Gasteiger partial charge in [-0.05, 0) is 47.5 Å². The number of esters is 1. The number of hydrogen-bond acceptors (Lipinski definition) is 5. The molecule has 29 heavy (non-hydrogen) atoms. The fraction of sp³-hybridized carbons (Fsp3) is 0.0870. The molecule has 0 radical (unpaired) electrons. The summed E-state index contributed by atoms with van der Waals surface area (Å²) in [5.41, 5.74) is 4.96. The van der Waals surface area contributed by atoms with E-state index in [1.807, 2.05) is 36.4 Å². The molecule has 0 aliphatic carbocycles. The van der Waals surface area contributed by atoms with Crippen molar-refractivity contribution in [1.29, 1.82) is 0 Å². The average molecular weight is 404 g/mol. The van der Waals surface area contributed by atoms with Gasteiger partial charge in [0, 0.05) is 5.75 Å². The molecule has 146 valence electrons. The molecule has 3 rings (SSSR count). The molecule has 0 spiro atoms. The molecule has 0 heterocycles. The first kappa shape index (κ1) is 20.4. The number of rotatable bonds is 8. The standard InChI is InChI=1S/C23H20N2O3S/c26-22(17-29-16-19-7-3-1-4-8-19)25-24-15-18-11-13-21(14-12-18)28-23(27)20-9-5-2-6-10-20/h1-15H,16-17H2,(H,25,26)/b24-15-. The van der Waals surface area contributed by atoms with Crippen LogP contribution >= 0.6 is 11.8 Å². The van der Waals surface area contributed by atoms with Crippen molar-refractivity contribution in [3.8, 4) is 5.75 Å². The molecule has 1 N–H and O–H groups in total. The van der Waals surface area contributed by atoms with Gasteiger partial charge < -0.3 is 4.74 Å². The Morgan fingerprint density at radius 2 is 1.55 bits per heavy atom. The summed E-state index contributed by atoms with van der Waals surface area (Å²) in [6.07, 6.45) is 1.54. The molecule has 0 unspecified atom stereocenters. The van der Waals surface area contributed by atoms with Gasteiger partial charge in [-0.1, -0.05) is 48.5 Å². The monoisotopic (exact) mass is 404 g/mol. The van der Waals surface area contributed by atoms with Crippen molar-refractivity contribution in [2.24, 2.45) is 5.10 Å². The van der Waals surface area contributed by atoms with Gasteiger partial charge in [0.05, 0.1) is 17.5 Å². The summed E-state index contributed by atoms with van der Waals surface area (Å²) in [5, 5.41) is 3.96. The molecule has 0 atom stereocenters. The number of thioether (sulfide) groups is 1. The zero-order valence-corrected chi connectivity index (χ0v) is 16.5. The molecule has 0 aliphatic rings. The molecule has 0 fully saturated rings. The van der Waals surface area contributed by atoms with Gasteiger partial charge in [-0.3, -0.25) is 4.79 Å². The highest BCUT2D eigenvalue weighted by Gasteiger charge is 2.07. The number of nitrogens with zero attached hydrogens (tertiary/aromatic N) is 1. The van der Waals surface area contributed by atoms with Crippen LogP contribution < -0.4 is 10.2 Å². The molecule has 0 aromatic heterocycles. The Balaban J connectivity index is 1.41. The van der Waals surface area contributed by atoms with Gasteiger partial charge in [-0.25, -0.2) is 10.2 Å². The Morgan fingerprint density at radius 1 is 0.897 bits per heavy atom. The number of nitrogens with one attached hydrogen (secondary N) is 1. The molecule has 3 aromatic rings. The number of carbonyl (C=O) groups is 2. The summed E-state index contributed by atoms with van der Waals surface area (Å²) in [7, 11) is 0. The molecule has 0 bridgehead atoms. The smallest absolute Gasteiger partial charge is 0.343 e. The number of hydrogen-bond donors (Lipinski definition) is 1. The molecule has 1 amide bonds. The van der Waals surface area contributed by atoms with E-state index in [4.69, 9.17) is 4.74 Å². The zero-order chi connectivity index (χ0) is 20.3. The van der Waals surface area contributed by atoms with Crippen molar-refractivity contribution in [3.05, 3.63) is 102 Å². The Morgan fingerprint density at radius 3 is 2.24 bits per heavy atom. The lowest BCUT2D eigenvalue weighted by Crippen LogP contribution is -2.19. The van der Waals surface area contributed by atoms with Crippen molar-refractivity contribution in [3.63, 3.8) is 0 Å². The second kappa shape index (κ2) is 10.8. The van der Waals surface area contributed by atoms with Crippen LogP contribution in [0.15, 0.2) is 90.0 Å². The minimum atomic E-state index is -0.410. The average Bonchev–Trinajstić information content (AvgIpc) is 2.76. The highest BCUT2D eigenvalue weighted by atomic mass is 32.2. The van der Waals surface area contributed by atoms with Crippen LogP contribution in [0.1, 0.15) is 21.5 Å². The molecule has 6 heteroatoms. The summed E-state index contributed by atoms with van der Waals surface area (Å²) >= 11 is 1.53. The summed E-state index contributed by atoms with van der Waals surface area (Å²) in [4.78, 5) is 23.9. The number of benzene rings is 3. The van der Waals surface area contributed by atoms with Gasteiger partial charge in [0.1, 0.15) is 5.75 Å². The number of hydrazone groups is 1. The minimum absolute atomic E-state index is 0.157.